The highest BCUT2D eigenvalue weighted by molar-refractivity contribution is 6.39. The van der Waals surface area contributed by atoms with Crippen molar-refractivity contribution in [1.82, 2.24) is 5.43 Å². The SMILES string of the molecule is Cc1ccc(/C=N/NC(=O)C(=O)Nc2ccccc2F)o1. The average molecular weight is 289 g/mol. The first-order valence-electron chi connectivity index (χ1n) is 6.01. The van der Waals surface area contributed by atoms with Gasteiger partial charge in [0.15, 0.2) is 0 Å². The molecule has 0 radical (unpaired) electrons. The molecule has 2 N–H and O–H groups in total. The van der Waals surface area contributed by atoms with Gasteiger partial charge in [0.1, 0.15) is 17.3 Å². The van der Waals surface area contributed by atoms with E-state index in [0.29, 0.717) is 11.5 Å². The normalized spacial score (nSPS) is 10.6. The average Bonchev–Trinajstić information content (AvgIpc) is 2.87. The van der Waals surface area contributed by atoms with E-state index in [9.17, 15) is 14.0 Å². The molecule has 0 aliphatic heterocycles. The number of nitrogens with one attached hydrogen (secondary N) is 2. The summed E-state index contributed by atoms with van der Waals surface area (Å²) in [5.74, 6) is -1.54. The highest BCUT2D eigenvalue weighted by Gasteiger charge is 2.14. The molecule has 0 saturated heterocycles. The number of carbonyl (C=O) groups excluding carboxylic acids is 2. The fraction of sp³-hybridized carbons (Fsp3) is 0.0714. The maximum absolute atomic E-state index is 13.3. The van der Waals surface area contributed by atoms with Crippen LogP contribution in [0.3, 0.4) is 0 Å². The van der Waals surface area contributed by atoms with Gasteiger partial charge >= 0.3 is 11.8 Å². The van der Waals surface area contributed by atoms with E-state index in [-0.39, 0.29) is 5.69 Å². The highest BCUT2D eigenvalue weighted by Crippen LogP contribution is 2.11. The number of carbonyl (C=O) groups is 2. The van der Waals surface area contributed by atoms with Gasteiger partial charge in [-0.15, -0.1) is 0 Å². The molecule has 0 unspecified atom stereocenters. The van der Waals surface area contributed by atoms with Crippen LogP contribution >= 0.6 is 0 Å². The van der Waals surface area contributed by atoms with Crippen LogP contribution in [0.4, 0.5) is 10.1 Å². The Hall–Kier alpha value is -2.96. The summed E-state index contributed by atoms with van der Waals surface area (Å²) in [6.45, 7) is 1.76. The fourth-order valence-corrected chi connectivity index (χ4v) is 1.47. The van der Waals surface area contributed by atoms with Crippen LogP contribution in [0.25, 0.3) is 0 Å². The number of rotatable bonds is 3. The predicted octanol–water partition coefficient (Wildman–Crippen LogP) is 1.82. The monoisotopic (exact) mass is 289 g/mol. The number of hydrazone groups is 1. The number of amides is 2. The molecule has 0 saturated carbocycles. The number of furan rings is 1. The van der Waals surface area contributed by atoms with Crippen LogP contribution in [0, 0.1) is 12.7 Å². The second kappa shape index (κ2) is 6.47. The molecule has 21 heavy (non-hydrogen) atoms. The zero-order chi connectivity index (χ0) is 15.2. The second-order valence-corrected chi connectivity index (χ2v) is 4.08. The van der Waals surface area contributed by atoms with E-state index in [1.807, 2.05) is 5.43 Å². The Kier molecular flexibility index (Phi) is 4.45. The number of para-hydroxylation sites is 1. The summed E-state index contributed by atoms with van der Waals surface area (Å²) in [6.07, 6.45) is 1.25. The lowest BCUT2D eigenvalue weighted by atomic mass is 10.3. The first-order chi connectivity index (χ1) is 10.1. The minimum atomic E-state index is -1.02. The van der Waals surface area contributed by atoms with Crippen LogP contribution < -0.4 is 10.7 Å². The third kappa shape index (κ3) is 4.00. The lowest BCUT2D eigenvalue weighted by Crippen LogP contribution is -2.32. The van der Waals surface area contributed by atoms with E-state index in [4.69, 9.17) is 4.42 Å². The molecule has 1 heterocycles. The van der Waals surface area contributed by atoms with E-state index < -0.39 is 17.6 Å². The van der Waals surface area contributed by atoms with E-state index in [1.54, 1.807) is 19.1 Å². The third-order valence-electron chi connectivity index (χ3n) is 2.45. The molecule has 2 rings (SSSR count). The van der Waals surface area contributed by atoms with Gasteiger partial charge in [0.2, 0.25) is 0 Å². The van der Waals surface area contributed by atoms with Crippen LogP contribution in [-0.2, 0) is 9.59 Å². The molecule has 1 aromatic heterocycles. The number of hydrogen-bond acceptors (Lipinski definition) is 4. The Balaban J connectivity index is 1.90. The summed E-state index contributed by atoms with van der Waals surface area (Å²) in [6, 6.07) is 8.91. The summed E-state index contributed by atoms with van der Waals surface area (Å²) in [5.41, 5.74) is 1.94. The van der Waals surface area contributed by atoms with Crippen LogP contribution in [-0.4, -0.2) is 18.0 Å². The summed E-state index contributed by atoms with van der Waals surface area (Å²) in [5, 5.41) is 5.71. The largest absolute Gasteiger partial charge is 0.460 e. The lowest BCUT2D eigenvalue weighted by molar-refractivity contribution is -0.136. The van der Waals surface area contributed by atoms with Crippen molar-refractivity contribution < 1.29 is 18.4 Å². The Bertz CT molecular complexity index is 694. The topological polar surface area (TPSA) is 83.7 Å². The van der Waals surface area contributed by atoms with Gasteiger partial charge in [-0.3, -0.25) is 9.59 Å². The molecule has 1 aromatic carbocycles. The molecule has 0 bridgehead atoms. The van der Waals surface area contributed by atoms with E-state index in [0.717, 1.165) is 0 Å². The maximum atomic E-state index is 13.3. The van der Waals surface area contributed by atoms with Crippen molar-refractivity contribution in [3.05, 3.63) is 53.7 Å². The molecule has 0 spiro atoms. The molecular formula is C14H12FN3O3. The van der Waals surface area contributed by atoms with Gasteiger partial charge in [-0.05, 0) is 31.2 Å². The van der Waals surface area contributed by atoms with Crippen molar-refractivity contribution in [2.75, 3.05) is 5.32 Å². The lowest BCUT2D eigenvalue weighted by Gasteiger charge is -2.04. The van der Waals surface area contributed by atoms with Crippen molar-refractivity contribution in [2.45, 2.75) is 6.92 Å². The standard InChI is InChI=1S/C14H12FN3O3/c1-9-6-7-10(21-9)8-16-18-14(20)13(19)17-12-5-3-2-4-11(12)15/h2-8H,1H3,(H,17,19)(H,18,20)/b16-8+. The molecule has 0 aliphatic rings. The van der Waals surface area contributed by atoms with Crippen LogP contribution in [0.15, 0.2) is 45.9 Å². The summed E-state index contributed by atoms with van der Waals surface area (Å²) >= 11 is 0. The van der Waals surface area contributed by atoms with Crippen LogP contribution in [0.5, 0.6) is 0 Å². The first kappa shape index (κ1) is 14.4. The van der Waals surface area contributed by atoms with Gasteiger partial charge in [-0.25, -0.2) is 9.82 Å². The number of anilines is 1. The van der Waals surface area contributed by atoms with E-state index in [1.165, 1.54) is 30.5 Å². The predicted molar refractivity (Wildman–Crippen MR) is 74.2 cm³/mol. The number of halogens is 1. The number of benzene rings is 1. The van der Waals surface area contributed by atoms with Gasteiger partial charge in [0.05, 0.1) is 11.9 Å². The van der Waals surface area contributed by atoms with Crippen molar-refractivity contribution >= 4 is 23.7 Å². The second-order valence-electron chi connectivity index (χ2n) is 4.08. The van der Waals surface area contributed by atoms with Crippen molar-refractivity contribution in [2.24, 2.45) is 5.10 Å². The molecule has 2 amide bonds. The third-order valence-corrected chi connectivity index (χ3v) is 2.45. The molecule has 6 nitrogen and oxygen atoms in total. The summed E-state index contributed by atoms with van der Waals surface area (Å²) in [7, 11) is 0. The molecule has 0 aliphatic carbocycles. The molecule has 0 atom stereocenters. The minimum Gasteiger partial charge on any atom is -0.460 e. The zero-order valence-electron chi connectivity index (χ0n) is 11.1. The van der Waals surface area contributed by atoms with Gasteiger partial charge < -0.3 is 9.73 Å². The van der Waals surface area contributed by atoms with Crippen LogP contribution in [0.1, 0.15) is 11.5 Å². The molecular weight excluding hydrogens is 277 g/mol. The number of nitrogens with zero attached hydrogens (tertiary/aromatic N) is 1. The Morgan fingerprint density at radius 3 is 2.62 bits per heavy atom. The van der Waals surface area contributed by atoms with Crippen molar-refractivity contribution in [1.29, 1.82) is 0 Å². The minimum absolute atomic E-state index is 0.0803. The van der Waals surface area contributed by atoms with Gasteiger partial charge in [0, 0.05) is 0 Å². The Morgan fingerprint density at radius 2 is 1.95 bits per heavy atom. The van der Waals surface area contributed by atoms with Crippen LogP contribution in [0.2, 0.25) is 0 Å². The zero-order valence-corrected chi connectivity index (χ0v) is 11.1. The molecule has 7 heteroatoms. The van der Waals surface area contributed by atoms with E-state index >= 15 is 0 Å². The Labute approximate surface area is 119 Å². The summed E-state index contributed by atoms with van der Waals surface area (Å²) in [4.78, 5) is 23.0. The Morgan fingerprint density at radius 1 is 1.19 bits per heavy atom. The number of hydrogen-bond donors (Lipinski definition) is 2. The van der Waals surface area contributed by atoms with Gasteiger partial charge in [-0.1, -0.05) is 12.1 Å². The van der Waals surface area contributed by atoms with Gasteiger partial charge in [-0.2, -0.15) is 5.10 Å². The molecule has 0 fully saturated rings. The van der Waals surface area contributed by atoms with Crippen molar-refractivity contribution in [3.8, 4) is 0 Å². The first-order valence-corrected chi connectivity index (χ1v) is 6.01. The van der Waals surface area contributed by atoms with Gasteiger partial charge in [0.25, 0.3) is 0 Å². The number of aryl methyl sites for hydroxylation is 1. The maximum Gasteiger partial charge on any atom is 0.329 e. The molecule has 2 aromatic rings. The quantitative estimate of drug-likeness (QED) is 0.513. The van der Waals surface area contributed by atoms with E-state index in [2.05, 4.69) is 10.4 Å². The summed E-state index contributed by atoms with van der Waals surface area (Å²) < 4.78 is 18.5. The highest BCUT2D eigenvalue weighted by atomic mass is 19.1. The fourth-order valence-electron chi connectivity index (χ4n) is 1.47. The van der Waals surface area contributed by atoms with Crippen molar-refractivity contribution in [3.63, 3.8) is 0 Å². The molecule has 108 valence electrons. The smallest absolute Gasteiger partial charge is 0.329 e.